The molecule has 2 amide bonds. The molecule has 0 unspecified atom stereocenters. The summed E-state index contributed by atoms with van der Waals surface area (Å²) in [5, 5.41) is 5.16. The molecule has 0 saturated heterocycles. The minimum Gasteiger partial charge on any atom is -0.449 e. The number of rotatable bonds is 6. The number of hydrogen-bond acceptors (Lipinski definition) is 5. The second kappa shape index (κ2) is 9.87. The van der Waals surface area contributed by atoms with Crippen molar-refractivity contribution in [1.82, 2.24) is 5.32 Å². The van der Waals surface area contributed by atoms with Crippen LogP contribution in [-0.2, 0) is 20.8 Å². The van der Waals surface area contributed by atoms with Gasteiger partial charge in [0.05, 0.1) is 5.56 Å². The summed E-state index contributed by atoms with van der Waals surface area (Å²) < 4.78 is 23.3. The minimum atomic E-state index is -1.04. The number of anilines is 1. The van der Waals surface area contributed by atoms with Gasteiger partial charge in [0.15, 0.2) is 6.10 Å². The van der Waals surface area contributed by atoms with Crippen LogP contribution in [-0.4, -0.2) is 29.7 Å². The summed E-state index contributed by atoms with van der Waals surface area (Å²) in [5.74, 6) is -1.57. The molecule has 160 valence electrons. The number of carbonyl (C=O) groups excluding carboxylic acids is 3. The van der Waals surface area contributed by atoms with E-state index in [0.717, 1.165) is 0 Å². The van der Waals surface area contributed by atoms with Gasteiger partial charge < -0.3 is 14.8 Å². The number of amides is 2. The molecular formula is C22H25FN2O5. The molecule has 0 heterocycles. The Morgan fingerprint density at radius 2 is 1.73 bits per heavy atom. The third-order valence-electron chi connectivity index (χ3n) is 3.78. The fourth-order valence-electron chi connectivity index (χ4n) is 2.36. The topological polar surface area (TPSA) is 93.7 Å². The van der Waals surface area contributed by atoms with Crippen molar-refractivity contribution in [2.75, 3.05) is 5.32 Å². The van der Waals surface area contributed by atoms with Crippen LogP contribution < -0.4 is 10.6 Å². The van der Waals surface area contributed by atoms with Crippen LogP contribution >= 0.6 is 0 Å². The van der Waals surface area contributed by atoms with E-state index in [4.69, 9.17) is 9.47 Å². The van der Waals surface area contributed by atoms with E-state index in [1.807, 2.05) is 0 Å². The van der Waals surface area contributed by atoms with Gasteiger partial charge in [-0.25, -0.2) is 14.0 Å². The summed E-state index contributed by atoms with van der Waals surface area (Å²) in [4.78, 5) is 36.4. The van der Waals surface area contributed by atoms with Crippen molar-refractivity contribution in [3.63, 3.8) is 0 Å². The molecule has 0 aliphatic heterocycles. The Morgan fingerprint density at radius 3 is 2.37 bits per heavy atom. The van der Waals surface area contributed by atoms with E-state index in [1.54, 1.807) is 45.0 Å². The molecule has 2 aromatic rings. The van der Waals surface area contributed by atoms with Gasteiger partial charge in [0.25, 0.3) is 5.91 Å². The lowest BCUT2D eigenvalue weighted by Crippen LogP contribution is -2.35. The zero-order chi connectivity index (χ0) is 22.3. The highest BCUT2D eigenvalue weighted by Gasteiger charge is 2.20. The summed E-state index contributed by atoms with van der Waals surface area (Å²) >= 11 is 0. The molecule has 0 radical (unpaired) electrons. The Kier molecular flexibility index (Phi) is 7.52. The van der Waals surface area contributed by atoms with Crippen LogP contribution in [0.4, 0.5) is 14.9 Å². The van der Waals surface area contributed by atoms with Gasteiger partial charge in [-0.2, -0.15) is 0 Å². The van der Waals surface area contributed by atoms with Gasteiger partial charge in [-0.05, 0) is 63.6 Å². The minimum absolute atomic E-state index is 0.168. The van der Waals surface area contributed by atoms with Crippen molar-refractivity contribution >= 4 is 23.7 Å². The predicted octanol–water partition coefficient (Wildman–Crippen LogP) is 4.03. The number of esters is 1. The largest absolute Gasteiger partial charge is 0.449 e. The monoisotopic (exact) mass is 416 g/mol. The van der Waals surface area contributed by atoms with Gasteiger partial charge in [0, 0.05) is 12.2 Å². The van der Waals surface area contributed by atoms with Crippen molar-refractivity contribution in [3.05, 3.63) is 65.5 Å². The highest BCUT2D eigenvalue weighted by molar-refractivity contribution is 5.94. The third kappa shape index (κ3) is 7.54. The molecule has 8 heteroatoms. The molecule has 30 heavy (non-hydrogen) atoms. The van der Waals surface area contributed by atoms with E-state index in [9.17, 15) is 18.8 Å². The van der Waals surface area contributed by atoms with E-state index in [1.165, 1.54) is 31.2 Å². The number of hydrogen-bond donors (Lipinski definition) is 2. The standard InChI is InChI=1S/C22H25FN2O5/c1-14(19(26)24-13-15-8-10-17(23)11-9-15)29-20(27)16-6-5-7-18(12-16)25-21(28)30-22(2,3)4/h5-12,14H,13H2,1-4H3,(H,24,26)(H,25,28)/t14-/m0/s1. The SMILES string of the molecule is C[C@H](OC(=O)c1cccc(NC(=O)OC(C)(C)C)c1)C(=O)NCc1ccc(F)cc1. The van der Waals surface area contributed by atoms with Crippen LogP contribution in [0.3, 0.4) is 0 Å². The maximum absolute atomic E-state index is 12.9. The Bertz CT molecular complexity index is 906. The fourth-order valence-corrected chi connectivity index (χ4v) is 2.36. The molecule has 0 aliphatic carbocycles. The summed E-state index contributed by atoms with van der Waals surface area (Å²) in [6.07, 6.45) is -1.69. The first-order chi connectivity index (χ1) is 14.0. The van der Waals surface area contributed by atoms with Gasteiger partial charge in [-0.15, -0.1) is 0 Å². The second-order valence-electron chi connectivity index (χ2n) is 7.60. The normalized spacial score (nSPS) is 11.9. The van der Waals surface area contributed by atoms with Crippen LogP contribution in [0.1, 0.15) is 43.6 Å². The van der Waals surface area contributed by atoms with Crippen LogP contribution in [0.25, 0.3) is 0 Å². The number of ether oxygens (including phenoxy) is 2. The van der Waals surface area contributed by atoms with E-state index in [-0.39, 0.29) is 17.9 Å². The summed E-state index contributed by atoms with van der Waals surface area (Å²) in [7, 11) is 0. The maximum atomic E-state index is 12.9. The molecule has 0 saturated carbocycles. The van der Waals surface area contributed by atoms with E-state index in [2.05, 4.69) is 10.6 Å². The highest BCUT2D eigenvalue weighted by atomic mass is 19.1. The number of carbonyl (C=O) groups is 3. The van der Waals surface area contributed by atoms with Crippen molar-refractivity contribution in [3.8, 4) is 0 Å². The molecule has 2 aromatic carbocycles. The maximum Gasteiger partial charge on any atom is 0.412 e. The van der Waals surface area contributed by atoms with Crippen molar-refractivity contribution < 1.29 is 28.2 Å². The molecule has 0 bridgehead atoms. The molecule has 2 rings (SSSR count). The molecule has 7 nitrogen and oxygen atoms in total. The molecule has 0 aliphatic rings. The lowest BCUT2D eigenvalue weighted by Gasteiger charge is -2.19. The van der Waals surface area contributed by atoms with Gasteiger partial charge in [0.1, 0.15) is 11.4 Å². The summed E-state index contributed by atoms with van der Waals surface area (Å²) in [6, 6.07) is 11.8. The second-order valence-corrected chi connectivity index (χ2v) is 7.60. The molecule has 2 N–H and O–H groups in total. The Hall–Kier alpha value is -3.42. The average molecular weight is 416 g/mol. The summed E-state index contributed by atoms with van der Waals surface area (Å²) in [5.41, 5.74) is 0.579. The first kappa shape index (κ1) is 22.9. The third-order valence-corrected chi connectivity index (χ3v) is 3.78. The molecule has 1 atom stereocenters. The lowest BCUT2D eigenvalue weighted by atomic mass is 10.2. The van der Waals surface area contributed by atoms with Crippen molar-refractivity contribution in [2.24, 2.45) is 0 Å². The van der Waals surface area contributed by atoms with Gasteiger partial charge >= 0.3 is 12.1 Å². The van der Waals surface area contributed by atoms with E-state index in [0.29, 0.717) is 11.3 Å². The lowest BCUT2D eigenvalue weighted by molar-refractivity contribution is -0.129. The van der Waals surface area contributed by atoms with E-state index < -0.39 is 29.7 Å². The molecule has 0 aromatic heterocycles. The molecule has 0 spiro atoms. The quantitative estimate of drug-likeness (QED) is 0.694. The van der Waals surface area contributed by atoms with Gasteiger partial charge in [0.2, 0.25) is 0 Å². The zero-order valence-electron chi connectivity index (χ0n) is 17.3. The Balaban J connectivity index is 1.90. The highest BCUT2D eigenvalue weighted by Crippen LogP contribution is 2.15. The Morgan fingerprint density at radius 1 is 1.07 bits per heavy atom. The predicted molar refractivity (Wildman–Crippen MR) is 109 cm³/mol. The fraction of sp³-hybridized carbons (Fsp3) is 0.318. The van der Waals surface area contributed by atoms with Crippen LogP contribution in [0.2, 0.25) is 0 Å². The van der Waals surface area contributed by atoms with E-state index >= 15 is 0 Å². The summed E-state index contributed by atoms with van der Waals surface area (Å²) in [6.45, 7) is 6.84. The van der Waals surface area contributed by atoms with Gasteiger partial charge in [-0.3, -0.25) is 10.1 Å². The smallest absolute Gasteiger partial charge is 0.412 e. The first-order valence-corrected chi connectivity index (χ1v) is 9.37. The number of benzene rings is 2. The van der Waals surface area contributed by atoms with Crippen molar-refractivity contribution in [2.45, 2.75) is 45.9 Å². The van der Waals surface area contributed by atoms with Crippen LogP contribution in [0.5, 0.6) is 0 Å². The molecular weight excluding hydrogens is 391 g/mol. The number of nitrogens with one attached hydrogen (secondary N) is 2. The average Bonchev–Trinajstić information content (AvgIpc) is 2.65. The van der Waals surface area contributed by atoms with Crippen LogP contribution in [0, 0.1) is 5.82 Å². The zero-order valence-corrected chi connectivity index (χ0v) is 17.3. The number of halogens is 1. The Labute approximate surface area is 174 Å². The first-order valence-electron chi connectivity index (χ1n) is 9.37. The molecule has 0 fully saturated rings. The van der Waals surface area contributed by atoms with Gasteiger partial charge in [-0.1, -0.05) is 18.2 Å². The van der Waals surface area contributed by atoms with Crippen molar-refractivity contribution in [1.29, 1.82) is 0 Å². The van der Waals surface area contributed by atoms with Crippen LogP contribution in [0.15, 0.2) is 48.5 Å².